The topological polar surface area (TPSA) is 228 Å². The first kappa shape index (κ1) is 30.3. The number of aliphatic hydroxyl groups is 1. The van der Waals surface area contributed by atoms with Crippen molar-refractivity contribution in [2.45, 2.75) is 23.2 Å². The summed E-state index contributed by atoms with van der Waals surface area (Å²) >= 11 is 20.4. The van der Waals surface area contributed by atoms with Gasteiger partial charge in [-0.3, -0.25) is 19.7 Å². The fourth-order valence-electron chi connectivity index (χ4n) is 5.78. The molecule has 0 aromatic carbocycles. The Morgan fingerprint density at radius 1 is 0.951 bits per heavy atom. The van der Waals surface area contributed by atoms with E-state index in [0.717, 1.165) is 0 Å². The van der Waals surface area contributed by atoms with E-state index in [1.807, 2.05) is 0 Å². The minimum Gasteiger partial charge on any atom is -0.370 e. The van der Waals surface area contributed by atoms with Crippen molar-refractivity contribution in [3.05, 3.63) is 41.7 Å². The van der Waals surface area contributed by atoms with Crippen LogP contribution in [0.3, 0.4) is 0 Å². The van der Waals surface area contributed by atoms with Gasteiger partial charge in [-0.2, -0.15) is 0 Å². The van der Waals surface area contributed by atoms with Crippen LogP contribution in [-0.4, -0.2) is 81.0 Å². The molecule has 7 atom stereocenters. The molecule has 1 saturated carbocycles. The molecule has 11 N–H and O–H groups in total. The smallest absolute Gasteiger partial charge is 0.267 e. The molecule has 0 unspecified atom stereocenters. The molecule has 1 fully saturated rings. The normalized spacial score (nSPS) is 30.6. The number of aliphatic hydroxyl groups excluding tert-OH is 1. The Kier molecular flexibility index (Phi) is 8.52. The summed E-state index contributed by atoms with van der Waals surface area (Å²) in [7, 11) is 0. The summed E-state index contributed by atoms with van der Waals surface area (Å²) in [6.45, 7) is 0.0118. The third-order valence-electron chi connectivity index (χ3n) is 7.50. The fraction of sp³-hybridized carbons (Fsp3) is 0.409. The Hall–Kier alpha value is -2.12. The number of guanidine groups is 2. The average Bonchev–Trinajstić information content (AvgIpc) is 3.66. The first-order chi connectivity index (χ1) is 19.3. The number of hydrogen-bond donors (Lipinski definition) is 9. The van der Waals surface area contributed by atoms with Crippen molar-refractivity contribution >= 4 is 105 Å². The average molecular weight is 847 g/mol. The van der Waals surface area contributed by atoms with Crippen molar-refractivity contribution in [2.24, 2.45) is 39.2 Å². The second kappa shape index (κ2) is 11.5. The van der Waals surface area contributed by atoms with Crippen molar-refractivity contribution < 1.29 is 19.5 Å². The molecule has 1 spiro atoms. The van der Waals surface area contributed by atoms with Crippen LogP contribution in [0, 0.1) is 17.8 Å². The number of carbonyl (C=O) groups is 3. The van der Waals surface area contributed by atoms with Gasteiger partial charge in [-0.05, 0) is 81.8 Å². The van der Waals surface area contributed by atoms with Crippen LogP contribution in [0.4, 0.5) is 0 Å². The van der Waals surface area contributed by atoms with Gasteiger partial charge < -0.3 is 42.5 Å². The number of aromatic amines is 2. The largest absolute Gasteiger partial charge is 0.370 e. The van der Waals surface area contributed by atoms with Crippen LogP contribution < -0.4 is 32.7 Å². The highest BCUT2D eigenvalue weighted by Crippen LogP contribution is 2.53. The first-order valence-corrected chi connectivity index (χ1v) is 15.7. The molecular weight excluding hydrogens is 823 g/mol. The zero-order chi connectivity index (χ0) is 29.8. The number of rotatable bonds is 7. The number of aliphatic imine (C=N–C) groups is 2. The van der Waals surface area contributed by atoms with Crippen molar-refractivity contribution in [1.29, 1.82) is 0 Å². The quantitative estimate of drug-likeness (QED) is 0.182. The summed E-state index contributed by atoms with van der Waals surface area (Å²) in [5.41, 5.74) is 10.9. The Balaban J connectivity index is 1.49. The van der Waals surface area contributed by atoms with E-state index < -0.39 is 58.7 Å². The number of halogens is 5. The molecule has 2 aliphatic heterocycles. The minimum atomic E-state index is -1.47. The number of carbonyl (C=O) groups excluding carboxylic acids is 3. The maximum absolute atomic E-state index is 13.1. The Bertz CT molecular complexity index is 1440. The predicted octanol–water partition coefficient (Wildman–Crippen LogP) is 0.810. The van der Waals surface area contributed by atoms with Crippen molar-refractivity contribution in [1.82, 2.24) is 31.2 Å². The molecule has 0 bridgehead atoms. The van der Waals surface area contributed by atoms with E-state index >= 15 is 0 Å². The molecule has 41 heavy (non-hydrogen) atoms. The van der Waals surface area contributed by atoms with Crippen LogP contribution in [0.1, 0.15) is 21.0 Å². The van der Waals surface area contributed by atoms with Gasteiger partial charge in [0.1, 0.15) is 23.0 Å². The van der Waals surface area contributed by atoms with Gasteiger partial charge in [0.25, 0.3) is 17.7 Å². The van der Waals surface area contributed by atoms with Crippen molar-refractivity contribution in [3.8, 4) is 0 Å². The van der Waals surface area contributed by atoms with Crippen molar-refractivity contribution in [2.75, 3.05) is 13.1 Å². The van der Waals surface area contributed by atoms with Crippen molar-refractivity contribution in [3.63, 3.8) is 0 Å². The number of hydrogen-bond acceptors (Lipinski definition) is 9. The monoisotopic (exact) mass is 842 g/mol. The molecule has 2 aromatic heterocycles. The highest BCUT2D eigenvalue weighted by atomic mass is 79.9. The lowest BCUT2D eigenvalue weighted by molar-refractivity contribution is -0.122. The van der Waals surface area contributed by atoms with E-state index in [1.54, 1.807) is 12.1 Å². The molecule has 3 aliphatic rings. The Morgan fingerprint density at radius 2 is 1.49 bits per heavy atom. The lowest BCUT2D eigenvalue weighted by Gasteiger charge is -2.39. The summed E-state index contributed by atoms with van der Waals surface area (Å²) in [5, 5.41) is 21.5. The zero-order valence-corrected chi connectivity index (χ0v) is 27.7. The number of alkyl halides is 1. The molecule has 14 nitrogen and oxygen atoms in total. The van der Waals surface area contributed by atoms with Gasteiger partial charge >= 0.3 is 0 Å². The second-order valence-electron chi connectivity index (χ2n) is 9.76. The summed E-state index contributed by atoms with van der Waals surface area (Å²) in [4.78, 5) is 53.3. The highest BCUT2D eigenvalue weighted by molar-refractivity contribution is 9.13. The van der Waals surface area contributed by atoms with Crippen LogP contribution in [-0.2, 0) is 4.79 Å². The maximum Gasteiger partial charge on any atom is 0.267 e. The molecular formula is C22H23Br4ClN10O4. The fourth-order valence-corrected chi connectivity index (χ4v) is 7.68. The van der Waals surface area contributed by atoms with Crippen LogP contribution in [0.5, 0.6) is 0 Å². The predicted molar refractivity (Wildman–Crippen MR) is 164 cm³/mol. The third kappa shape index (κ3) is 5.42. The molecule has 2 aromatic rings. The van der Waals surface area contributed by atoms with Gasteiger partial charge in [0.15, 0.2) is 18.1 Å². The summed E-state index contributed by atoms with van der Waals surface area (Å²) in [6, 6.07) is 2.12. The third-order valence-corrected chi connectivity index (χ3v) is 11.8. The second-order valence-corrected chi connectivity index (χ2v) is 13.5. The van der Waals surface area contributed by atoms with Gasteiger partial charge in [0, 0.05) is 24.9 Å². The molecule has 1 aliphatic carbocycles. The number of amides is 3. The van der Waals surface area contributed by atoms with E-state index in [4.69, 9.17) is 23.1 Å². The van der Waals surface area contributed by atoms with Crippen LogP contribution in [0.15, 0.2) is 40.3 Å². The summed E-state index contributed by atoms with van der Waals surface area (Å²) < 4.78 is 2.49. The zero-order valence-electron chi connectivity index (χ0n) is 20.6. The number of nitrogens with zero attached hydrogens (tertiary/aromatic N) is 2. The Morgan fingerprint density at radius 3 is 1.90 bits per heavy atom. The molecule has 4 heterocycles. The van der Waals surface area contributed by atoms with Crippen LogP contribution in [0.25, 0.3) is 0 Å². The lowest BCUT2D eigenvalue weighted by Crippen LogP contribution is -2.64. The van der Waals surface area contributed by atoms with Gasteiger partial charge in [-0.25, -0.2) is 9.98 Å². The highest BCUT2D eigenvalue weighted by Gasteiger charge is 2.68. The van der Waals surface area contributed by atoms with Gasteiger partial charge in [0.05, 0.1) is 23.5 Å². The standard InChI is InChI=1S/C22H23Br4ClN10O4/c23-7-1-9(32-14(7)25)16(38)30-3-5-6(4-31-17(39)10-2-8(24)15(26)33-10)13(27)22(19(41)36-21(29)37-22)11(5)12-18(40)35-20(28)34-12/h1-2,5-6,11-13,19,32-33,41H,3-4H2,(H,30,38)(H,31,39)(H3,29,36,37)(H3,28,34,35,40)/t5-,6-,11-,12+,13+,19+,22+/m1/s1. The van der Waals surface area contributed by atoms with Gasteiger partial charge in [-0.15, -0.1) is 11.6 Å². The van der Waals surface area contributed by atoms with E-state index in [2.05, 4.69) is 105 Å². The first-order valence-electron chi connectivity index (χ1n) is 12.1. The van der Waals surface area contributed by atoms with E-state index in [0.29, 0.717) is 18.2 Å². The molecule has 220 valence electrons. The SMILES string of the molecule is NC1=N[C@@H]([C@H]2[C@H](CNC(=O)c3cc(Br)c(Br)[nH]3)[C@@H](CNC(=O)c3cc(Br)c(Br)[nH]3)[C@H](Cl)[C@@]23NC(N)=N[C@H]3O)C(=O)N1. The Labute approximate surface area is 271 Å². The lowest BCUT2D eigenvalue weighted by atomic mass is 9.76. The van der Waals surface area contributed by atoms with E-state index in [1.165, 1.54) is 0 Å². The molecule has 0 radical (unpaired) electrons. The van der Waals surface area contributed by atoms with Gasteiger partial charge in [0.2, 0.25) is 0 Å². The summed E-state index contributed by atoms with van der Waals surface area (Å²) in [5.74, 6) is -3.61. The number of nitrogens with two attached hydrogens (primary N) is 2. The van der Waals surface area contributed by atoms with E-state index in [9.17, 15) is 19.5 Å². The number of nitrogens with one attached hydrogen (secondary N) is 6. The number of H-pyrrole nitrogens is 2. The van der Waals surface area contributed by atoms with E-state index in [-0.39, 0.29) is 36.4 Å². The molecule has 19 heteroatoms. The minimum absolute atomic E-state index is 0.00360. The molecule has 5 rings (SSSR count). The van der Waals surface area contributed by atoms with Crippen LogP contribution >= 0.6 is 75.3 Å². The van der Waals surface area contributed by atoms with Crippen LogP contribution in [0.2, 0.25) is 0 Å². The molecule has 3 amide bonds. The summed E-state index contributed by atoms with van der Waals surface area (Å²) in [6.07, 6.45) is -1.45. The maximum atomic E-state index is 13.1. The number of aromatic nitrogens is 2. The molecule has 0 saturated heterocycles. The van der Waals surface area contributed by atoms with Gasteiger partial charge in [-0.1, -0.05) is 0 Å².